The lowest BCUT2D eigenvalue weighted by molar-refractivity contribution is 0.188. The van der Waals surface area contributed by atoms with Crippen molar-refractivity contribution in [3.05, 3.63) is 29.6 Å². The van der Waals surface area contributed by atoms with Crippen LogP contribution in [-0.4, -0.2) is 19.7 Å². The Morgan fingerprint density at radius 1 is 1.44 bits per heavy atom. The molecule has 0 bridgehead atoms. The molecule has 0 saturated carbocycles. The van der Waals surface area contributed by atoms with Gasteiger partial charge in [0, 0.05) is 12.6 Å². The Morgan fingerprint density at radius 2 is 2.19 bits per heavy atom. The van der Waals surface area contributed by atoms with E-state index in [9.17, 15) is 4.39 Å². The number of ether oxygens (including phenoxy) is 1. The molecule has 3 heteroatoms. The summed E-state index contributed by atoms with van der Waals surface area (Å²) in [7, 11) is 1.89. The lowest BCUT2D eigenvalue weighted by Gasteiger charge is -2.18. The number of hydrogen-bond acceptors (Lipinski definition) is 2. The average molecular weight is 225 g/mol. The fourth-order valence-electron chi connectivity index (χ4n) is 1.59. The van der Waals surface area contributed by atoms with Crippen LogP contribution in [0.2, 0.25) is 0 Å². The van der Waals surface area contributed by atoms with E-state index in [1.165, 1.54) is 6.07 Å². The molecule has 1 N–H and O–H groups in total. The molecule has 0 radical (unpaired) electrons. The van der Waals surface area contributed by atoms with E-state index in [2.05, 4.69) is 12.2 Å². The van der Waals surface area contributed by atoms with Crippen molar-refractivity contribution < 1.29 is 9.13 Å². The summed E-state index contributed by atoms with van der Waals surface area (Å²) in [5, 5.41) is 3.08. The Kier molecular flexibility index (Phi) is 5.26. The van der Waals surface area contributed by atoms with Crippen LogP contribution in [0, 0.1) is 12.7 Å². The highest BCUT2D eigenvalue weighted by atomic mass is 19.1. The molecule has 0 aliphatic carbocycles. The van der Waals surface area contributed by atoms with E-state index in [-0.39, 0.29) is 11.9 Å². The molecule has 1 aromatic rings. The molecule has 1 atom stereocenters. The predicted molar refractivity (Wildman–Crippen MR) is 64.4 cm³/mol. The van der Waals surface area contributed by atoms with Crippen molar-refractivity contribution in [1.29, 1.82) is 0 Å². The van der Waals surface area contributed by atoms with E-state index in [4.69, 9.17) is 4.74 Å². The van der Waals surface area contributed by atoms with Crippen LogP contribution < -0.4 is 10.1 Å². The lowest BCUT2D eigenvalue weighted by atomic mass is 10.2. The lowest BCUT2D eigenvalue weighted by Crippen LogP contribution is -2.29. The minimum absolute atomic E-state index is 0.108. The topological polar surface area (TPSA) is 21.3 Å². The zero-order valence-electron chi connectivity index (χ0n) is 10.2. The molecule has 90 valence electrons. The van der Waals surface area contributed by atoms with Crippen molar-refractivity contribution in [2.45, 2.75) is 32.8 Å². The van der Waals surface area contributed by atoms with Crippen molar-refractivity contribution in [2.75, 3.05) is 13.6 Å². The van der Waals surface area contributed by atoms with Gasteiger partial charge in [-0.15, -0.1) is 0 Å². The van der Waals surface area contributed by atoms with Gasteiger partial charge in [-0.1, -0.05) is 19.4 Å². The monoisotopic (exact) mass is 225 g/mol. The molecule has 0 aliphatic heterocycles. The van der Waals surface area contributed by atoms with Crippen LogP contribution in [0.4, 0.5) is 4.39 Å². The maximum Gasteiger partial charge on any atom is 0.129 e. The smallest absolute Gasteiger partial charge is 0.129 e. The summed E-state index contributed by atoms with van der Waals surface area (Å²) in [4.78, 5) is 0. The molecule has 0 aliphatic rings. The third-order valence-electron chi connectivity index (χ3n) is 2.49. The second-order valence-electron chi connectivity index (χ2n) is 4.00. The van der Waals surface area contributed by atoms with Gasteiger partial charge in [0.05, 0.1) is 0 Å². The number of benzene rings is 1. The highest BCUT2D eigenvalue weighted by Gasteiger charge is 2.09. The second kappa shape index (κ2) is 6.48. The number of halogens is 1. The van der Waals surface area contributed by atoms with Gasteiger partial charge in [-0.2, -0.15) is 0 Å². The molecular weight excluding hydrogens is 205 g/mol. The van der Waals surface area contributed by atoms with Gasteiger partial charge in [-0.05, 0) is 32.0 Å². The van der Waals surface area contributed by atoms with Crippen molar-refractivity contribution >= 4 is 0 Å². The maximum absolute atomic E-state index is 13.3. The summed E-state index contributed by atoms with van der Waals surface area (Å²) in [6, 6.07) is 5.01. The van der Waals surface area contributed by atoms with E-state index in [1.54, 1.807) is 13.0 Å². The van der Waals surface area contributed by atoms with Gasteiger partial charge >= 0.3 is 0 Å². The van der Waals surface area contributed by atoms with E-state index in [1.807, 2.05) is 13.1 Å². The van der Waals surface area contributed by atoms with Crippen molar-refractivity contribution in [3.8, 4) is 5.75 Å². The average Bonchev–Trinajstić information content (AvgIpc) is 2.24. The van der Waals surface area contributed by atoms with Crippen LogP contribution >= 0.6 is 0 Å². The highest BCUT2D eigenvalue weighted by Crippen LogP contribution is 2.18. The summed E-state index contributed by atoms with van der Waals surface area (Å²) in [6.45, 7) is 4.64. The number of nitrogens with one attached hydrogen (secondary N) is 1. The molecule has 16 heavy (non-hydrogen) atoms. The van der Waals surface area contributed by atoms with Crippen LogP contribution in [0.5, 0.6) is 5.75 Å². The molecule has 0 aromatic heterocycles. The fraction of sp³-hybridized carbons (Fsp3) is 0.538. The Morgan fingerprint density at radius 3 is 2.75 bits per heavy atom. The molecule has 0 amide bonds. The molecule has 1 unspecified atom stereocenters. The first-order valence-corrected chi connectivity index (χ1v) is 5.74. The van der Waals surface area contributed by atoms with Crippen LogP contribution in [0.3, 0.4) is 0 Å². The summed E-state index contributed by atoms with van der Waals surface area (Å²) in [6.07, 6.45) is 2.13. The Labute approximate surface area is 96.8 Å². The normalized spacial score (nSPS) is 12.5. The van der Waals surface area contributed by atoms with Crippen LogP contribution in [0.1, 0.15) is 25.3 Å². The zero-order chi connectivity index (χ0) is 12.0. The van der Waals surface area contributed by atoms with Crippen molar-refractivity contribution in [3.63, 3.8) is 0 Å². The molecule has 2 nitrogen and oxygen atoms in total. The van der Waals surface area contributed by atoms with Gasteiger partial charge in [0.15, 0.2) is 0 Å². The molecule has 0 spiro atoms. The molecular formula is C13H20FNO. The van der Waals surface area contributed by atoms with Crippen molar-refractivity contribution in [2.24, 2.45) is 0 Å². The largest absolute Gasteiger partial charge is 0.489 e. The molecule has 0 heterocycles. The fourth-order valence-corrected chi connectivity index (χ4v) is 1.59. The van der Waals surface area contributed by atoms with Gasteiger partial charge in [0.1, 0.15) is 17.7 Å². The van der Waals surface area contributed by atoms with E-state index >= 15 is 0 Å². The Bertz CT molecular complexity index is 322. The molecule has 1 rings (SSSR count). The Balaban J connectivity index is 2.65. The highest BCUT2D eigenvalue weighted by molar-refractivity contribution is 5.28. The number of rotatable bonds is 6. The van der Waals surface area contributed by atoms with E-state index in [0.717, 1.165) is 19.4 Å². The van der Waals surface area contributed by atoms with E-state index < -0.39 is 0 Å². The third kappa shape index (κ3) is 3.81. The molecule has 0 saturated heterocycles. The quantitative estimate of drug-likeness (QED) is 0.803. The molecule has 1 aromatic carbocycles. The zero-order valence-corrected chi connectivity index (χ0v) is 10.2. The minimum atomic E-state index is -0.211. The summed E-state index contributed by atoms with van der Waals surface area (Å²) < 4.78 is 19.0. The summed E-state index contributed by atoms with van der Waals surface area (Å²) in [5.74, 6) is 0.397. The SMILES string of the molecule is CCCC(CNC)Oc1ccc(C)c(F)c1. The van der Waals surface area contributed by atoms with Gasteiger partial charge in [-0.3, -0.25) is 0 Å². The summed E-state index contributed by atoms with van der Waals surface area (Å²) >= 11 is 0. The number of aryl methyl sites for hydroxylation is 1. The Hall–Kier alpha value is -1.09. The van der Waals surface area contributed by atoms with Crippen LogP contribution in [-0.2, 0) is 0 Å². The third-order valence-corrected chi connectivity index (χ3v) is 2.49. The first-order chi connectivity index (χ1) is 7.67. The standard InChI is InChI=1S/C13H20FNO/c1-4-5-12(9-15-3)16-11-7-6-10(2)13(14)8-11/h6-8,12,15H,4-5,9H2,1-3H3. The van der Waals surface area contributed by atoms with Gasteiger partial charge in [0.2, 0.25) is 0 Å². The van der Waals surface area contributed by atoms with Crippen LogP contribution in [0.15, 0.2) is 18.2 Å². The minimum Gasteiger partial charge on any atom is -0.489 e. The number of likely N-dealkylation sites (N-methyl/N-ethyl adjacent to an activating group) is 1. The summed E-state index contributed by atoms with van der Waals surface area (Å²) in [5.41, 5.74) is 0.646. The molecule has 0 fully saturated rings. The predicted octanol–water partition coefficient (Wildman–Crippen LogP) is 2.90. The first kappa shape index (κ1) is 13.0. The van der Waals surface area contributed by atoms with Gasteiger partial charge < -0.3 is 10.1 Å². The second-order valence-corrected chi connectivity index (χ2v) is 4.00. The van der Waals surface area contributed by atoms with E-state index in [0.29, 0.717) is 11.3 Å². The van der Waals surface area contributed by atoms with Crippen LogP contribution in [0.25, 0.3) is 0 Å². The van der Waals surface area contributed by atoms with Crippen molar-refractivity contribution in [1.82, 2.24) is 5.32 Å². The number of hydrogen-bond donors (Lipinski definition) is 1. The first-order valence-electron chi connectivity index (χ1n) is 5.74. The van der Waals surface area contributed by atoms with Gasteiger partial charge in [0.25, 0.3) is 0 Å². The van der Waals surface area contributed by atoms with Gasteiger partial charge in [-0.25, -0.2) is 4.39 Å². The maximum atomic E-state index is 13.3.